The highest BCUT2D eigenvalue weighted by atomic mass is 35.5. The molecule has 6 nitrogen and oxygen atoms in total. The topological polar surface area (TPSA) is 74.3 Å². The van der Waals surface area contributed by atoms with Gasteiger partial charge < -0.3 is 15.5 Å². The van der Waals surface area contributed by atoms with E-state index in [-0.39, 0.29) is 42.0 Å². The number of piperidine rings is 1. The molecule has 1 aromatic rings. The van der Waals surface area contributed by atoms with Crippen molar-refractivity contribution in [2.45, 2.75) is 63.8 Å². The van der Waals surface area contributed by atoms with E-state index >= 15 is 0 Å². The van der Waals surface area contributed by atoms with Gasteiger partial charge in [-0.2, -0.15) is 0 Å². The predicted octanol–water partition coefficient (Wildman–Crippen LogP) is 3.87. The molecule has 2 aliphatic rings. The molecule has 2 fully saturated rings. The molecule has 2 N–H and O–H groups in total. The molecule has 0 spiro atoms. The van der Waals surface area contributed by atoms with Crippen LogP contribution in [0.1, 0.15) is 57.8 Å². The fraction of sp³-hybridized carbons (Fsp3) is 0.737. The fourth-order valence-corrected chi connectivity index (χ4v) is 4.92. The van der Waals surface area contributed by atoms with Crippen molar-refractivity contribution in [3.8, 4) is 0 Å². The molecule has 2 heterocycles. The summed E-state index contributed by atoms with van der Waals surface area (Å²) in [6.45, 7) is 1.63. The van der Waals surface area contributed by atoms with Crippen LogP contribution in [0, 0.1) is 5.41 Å². The third-order valence-electron chi connectivity index (χ3n) is 5.84. The average molecular weight is 451 g/mol. The number of carbonyl (C=O) groups excluding carboxylic acids is 2. The van der Waals surface area contributed by atoms with Crippen LogP contribution in [0.15, 0.2) is 11.6 Å². The first kappa shape index (κ1) is 25.1. The van der Waals surface area contributed by atoms with Gasteiger partial charge in [-0.3, -0.25) is 9.59 Å². The van der Waals surface area contributed by atoms with Crippen molar-refractivity contribution in [3.05, 3.63) is 11.6 Å². The standard InChI is InChI=1S/C19H30N4O2S.2ClH/c1-20-15-6-5-10-23(14-15)17(25)13-19(7-3-2-4-8-19)12-16(24)22-18-21-9-11-26-18;;/h9,11,15,20H,2-8,10,12-14H2,1H3,(H,21,22,24);2*1H. The third kappa shape index (κ3) is 6.87. The molecule has 0 radical (unpaired) electrons. The summed E-state index contributed by atoms with van der Waals surface area (Å²) in [5.41, 5.74) is -0.191. The van der Waals surface area contributed by atoms with Gasteiger partial charge in [-0.15, -0.1) is 36.2 Å². The van der Waals surface area contributed by atoms with Crippen LogP contribution in [0.3, 0.4) is 0 Å². The van der Waals surface area contributed by atoms with Crippen LogP contribution in [-0.4, -0.2) is 47.9 Å². The van der Waals surface area contributed by atoms with Crippen LogP contribution in [0.25, 0.3) is 0 Å². The Morgan fingerprint density at radius 3 is 2.61 bits per heavy atom. The molecule has 1 saturated heterocycles. The van der Waals surface area contributed by atoms with E-state index in [2.05, 4.69) is 15.6 Å². The maximum absolute atomic E-state index is 13.0. The number of aromatic nitrogens is 1. The van der Waals surface area contributed by atoms with Crippen LogP contribution < -0.4 is 10.6 Å². The lowest BCUT2D eigenvalue weighted by Crippen LogP contribution is -2.48. The summed E-state index contributed by atoms with van der Waals surface area (Å²) in [7, 11) is 1.96. The number of hydrogen-bond acceptors (Lipinski definition) is 5. The van der Waals surface area contributed by atoms with E-state index in [0.717, 1.165) is 51.6 Å². The summed E-state index contributed by atoms with van der Waals surface area (Å²) < 4.78 is 0. The minimum Gasteiger partial charge on any atom is -0.341 e. The van der Waals surface area contributed by atoms with Crippen molar-refractivity contribution in [2.75, 3.05) is 25.5 Å². The molecule has 0 bridgehead atoms. The Morgan fingerprint density at radius 2 is 1.96 bits per heavy atom. The second kappa shape index (κ2) is 12.0. The molecule has 0 aromatic carbocycles. The Hall–Kier alpha value is -0.890. The van der Waals surface area contributed by atoms with Gasteiger partial charge in [0.25, 0.3) is 0 Å². The van der Waals surface area contributed by atoms with E-state index in [1.165, 1.54) is 17.8 Å². The van der Waals surface area contributed by atoms with Gasteiger partial charge in [-0.1, -0.05) is 19.3 Å². The molecule has 28 heavy (non-hydrogen) atoms. The van der Waals surface area contributed by atoms with E-state index in [0.29, 0.717) is 24.0 Å². The molecule has 1 aromatic heterocycles. The second-order valence-electron chi connectivity index (χ2n) is 7.77. The van der Waals surface area contributed by atoms with E-state index < -0.39 is 0 Å². The van der Waals surface area contributed by atoms with Crippen molar-refractivity contribution in [1.29, 1.82) is 0 Å². The molecular weight excluding hydrogens is 419 g/mol. The van der Waals surface area contributed by atoms with Crippen LogP contribution in [0.5, 0.6) is 0 Å². The fourth-order valence-electron chi connectivity index (χ4n) is 4.38. The smallest absolute Gasteiger partial charge is 0.226 e. The third-order valence-corrected chi connectivity index (χ3v) is 6.53. The van der Waals surface area contributed by atoms with Gasteiger partial charge in [0.1, 0.15) is 0 Å². The first-order chi connectivity index (χ1) is 12.6. The molecule has 2 amide bonds. The molecule has 1 unspecified atom stereocenters. The largest absolute Gasteiger partial charge is 0.341 e. The van der Waals surface area contributed by atoms with E-state index in [1.807, 2.05) is 17.3 Å². The minimum atomic E-state index is -0.191. The molecular formula is C19H32Cl2N4O2S. The summed E-state index contributed by atoms with van der Waals surface area (Å²) in [5.74, 6) is 0.204. The van der Waals surface area contributed by atoms with Gasteiger partial charge in [0, 0.05) is 43.5 Å². The van der Waals surface area contributed by atoms with Crippen LogP contribution >= 0.6 is 36.2 Å². The highest BCUT2D eigenvalue weighted by Gasteiger charge is 2.38. The van der Waals surface area contributed by atoms with E-state index in [1.54, 1.807) is 6.20 Å². The van der Waals surface area contributed by atoms with Crippen LogP contribution in [-0.2, 0) is 9.59 Å². The van der Waals surface area contributed by atoms with Gasteiger partial charge in [0.2, 0.25) is 11.8 Å². The van der Waals surface area contributed by atoms with Crippen molar-refractivity contribution < 1.29 is 9.59 Å². The summed E-state index contributed by atoms with van der Waals surface area (Å²) >= 11 is 1.43. The highest BCUT2D eigenvalue weighted by molar-refractivity contribution is 7.13. The number of likely N-dealkylation sites (tertiary alicyclic amines) is 1. The zero-order chi connectivity index (χ0) is 18.4. The number of anilines is 1. The molecule has 160 valence electrons. The van der Waals surface area contributed by atoms with Gasteiger partial charge >= 0.3 is 0 Å². The zero-order valence-corrected chi connectivity index (χ0v) is 18.9. The normalized spacial score (nSPS) is 21.2. The second-order valence-corrected chi connectivity index (χ2v) is 8.66. The van der Waals surface area contributed by atoms with Crippen LogP contribution in [0.4, 0.5) is 5.13 Å². The minimum absolute atomic E-state index is 0. The van der Waals surface area contributed by atoms with Crippen molar-refractivity contribution in [1.82, 2.24) is 15.2 Å². The quantitative estimate of drug-likeness (QED) is 0.689. The summed E-state index contributed by atoms with van der Waals surface area (Å²) in [4.78, 5) is 31.7. The Balaban J connectivity index is 0.00000196. The molecule has 1 atom stereocenters. The van der Waals surface area contributed by atoms with Gasteiger partial charge in [0.05, 0.1) is 0 Å². The predicted molar refractivity (Wildman–Crippen MR) is 119 cm³/mol. The monoisotopic (exact) mass is 450 g/mol. The number of likely N-dealkylation sites (N-methyl/N-ethyl adjacent to an activating group) is 1. The lowest BCUT2D eigenvalue weighted by atomic mass is 9.69. The SMILES string of the molecule is CNC1CCCN(C(=O)CC2(CC(=O)Nc3nccs3)CCCCC2)C1.Cl.Cl. The zero-order valence-electron chi connectivity index (χ0n) is 16.4. The average Bonchev–Trinajstić information content (AvgIpc) is 3.15. The molecule has 1 saturated carbocycles. The highest BCUT2D eigenvalue weighted by Crippen LogP contribution is 2.43. The lowest BCUT2D eigenvalue weighted by molar-refractivity contribution is -0.136. The first-order valence-corrected chi connectivity index (χ1v) is 10.6. The maximum Gasteiger partial charge on any atom is 0.226 e. The van der Waals surface area contributed by atoms with Crippen molar-refractivity contribution in [2.24, 2.45) is 5.41 Å². The number of carbonyl (C=O) groups is 2. The van der Waals surface area contributed by atoms with Crippen molar-refractivity contribution >= 4 is 53.1 Å². The number of nitrogens with zero attached hydrogens (tertiary/aromatic N) is 2. The first-order valence-electron chi connectivity index (χ1n) is 9.75. The Kier molecular flexibility index (Phi) is 10.7. The summed E-state index contributed by atoms with van der Waals surface area (Å²) in [5, 5.41) is 8.68. The lowest BCUT2D eigenvalue weighted by Gasteiger charge is -2.39. The number of amides is 2. The van der Waals surface area contributed by atoms with E-state index in [9.17, 15) is 9.59 Å². The molecule has 1 aliphatic heterocycles. The Morgan fingerprint density at radius 1 is 1.21 bits per heavy atom. The Labute approximate surface area is 184 Å². The maximum atomic E-state index is 13.0. The number of nitrogens with one attached hydrogen (secondary N) is 2. The number of thiazole rings is 1. The van der Waals surface area contributed by atoms with Gasteiger partial charge in [0.15, 0.2) is 5.13 Å². The van der Waals surface area contributed by atoms with Gasteiger partial charge in [-0.25, -0.2) is 4.98 Å². The van der Waals surface area contributed by atoms with E-state index in [4.69, 9.17) is 0 Å². The molecule has 1 aliphatic carbocycles. The summed E-state index contributed by atoms with van der Waals surface area (Å²) in [6, 6.07) is 0.392. The number of halogens is 2. The van der Waals surface area contributed by atoms with Crippen molar-refractivity contribution in [3.63, 3.8) is 0 Å². The Bertz CT molecular complexity index is 609. The number of hydrogen-bond donors (Lipinski definition) is 2. The molecule has 3 rings (SSSR count). The van der Waals surface area contributed by atoms with Gasteiger partial charge in [-0.05, 0) is 38.1 Å². The number of rotatable bonds is 6. The molecule has 9 heteroatoms. The summed E-state index contributed by atoms with van der Waals surface area (Å²) in [6.07, 6.45) is 10.1. The van der Waals surface area contributed by atoms with Crippen LogP contribution in [0.2, 0.25) is 0 Å².